The zero-order chi connectivity index (χ0) is 13.1. The monoisotopic (exact) mass is 313 g/mol. The molecule has 0 saturated heterocycles. The molecule has 0 fully saturated rings. The number of anilines is 1. The molecule has 0 aliphatic carbocycles. The lowest BCUT2D eigenvalue weighted by molar-refractivity contribution is 0.191. The summed E-state index contributed by atoms with van der Waals surface area (Å²) in [5, 5.41) is 3.38. The van der Waals surface area contributed by atoms with Crippen molar-refractivity contribution in [2.24, 2.45) is 0 Å². The molecule has 1 aromatic heterocycles. The van der Waals surface area contributed by atoms with Crippen molar-refractivity contribution in [3.8, 4) is 0 Å². The number of nitrogens with one attached hydrogen (secondary N) is 3. The Labute approximate surface area is 113 Å². The van der Waals surface area contributed by atoms with Gasteiger partial charge in [0.25, 0.3) is 0 Å². The van der Waals surface area contributed by atoms with Gasteiger partial charge in [-0.25, -0.2) is 4.79 Å². The van der Waals surface area contributed by atoms with Gasteiger partial charge in [0.05, 0.1) is 16.7 Å². The number of rotatable bonds is 5. The molecular weight excluding hydrogens is 298 g/mol. The zero-order valence-corrected chi connectivity index (χ0v) is 11.9. The summed E-state index contributed by atoms with van der Waals surface area (Å²) in [6, 6.07) is 4.10. The standard InChI is InChI=1S/C12H16BrN3O2/c1-7(3-4-18-2)14-9-6-11-10(5-8(9)13)15-12(17)16-11/h5-7,14H,3-4H2,1-2H3,(H2,15,16,17). The minimum Gasteiger partial charge on any atom is -0.385 e. The Morgan fingerprint density at radius 2 is 2.06 bits per heavy atom. The fourth-order valence-corrected chi connectivity index (χ4v) is 2.26. The molecule has 0 aliphatic rings. The summed E-state index contributed by atoms with van der Waals surface area (Å²) in [5.74, 6) is 0. The predicted octanol–water partition coefficient (Wildman–Crippen LogP) is 2.46. The first-order valence-corrected chi connectivity index (χ1v) is 6.56. The van der Waals surface area contributed by atoms with Crippen LogP contribution in [0, 0.1) is 0 Å². The molecule has 2 aromatic rings. The second-order valence-corrected chi connectivity index (χ2v) is 5.14. The molecule has 1 aromatic carbocycles. The van der Waals surface area contributed by atoms with Crippen molar-refractivity contribution in [2.75, 3.05) is 19.0 Å². The van der Waals surface area contributed by atoms with Crippen LogP contribution in [-0.2, 0) is 4.74 Å². The lowest BCUT2D eigenvalue weighted by Gasteiger charge is -2.16. The molecule has 5 nitrogen and oxygen atoms in total. The number of halogens is 1. The van der Waals surface area contributed by atoms with E-state index in [1.165, 1.54) is 0 Å². The number of benzene rings is 1. The average molecular weight is 314 g/mol. The van der Waals surface area contributed by atoms with Crippen LogP contribution in [0.15, 0.2) is 21.4 Å². The SMILES string of the molecule is COCCC(C)Nc1cc2[nH]c(=O)[nH]c2cc1Br. The van der Waals surface area contributed by atoms with Gasteiger partial charge < -0.3 is 20.0 Å². The highest BCUT2D eigenvalue weighted by Gasteiger charge is 2.08. The van der Waals surface area contributed by atoms with Crippen LogP contribution in [0.4, 0.5) is 5.69 Å². The van der Waals surface area contributed by atoms with Crippen LogP contribution in [0.25, 0.3) is 11.0 Å². The summed E-state index contributed by atoms with van der Waals surface area (Å²) in [6.45, 7) is 2.81. The van der Waals surface area contributed by atoms with Crippen LogP contribution < -0.4 is 11.0 Å². The van der Waals surface area contributed by atoms with E-state index in [2.05, 4.69) is 38.1 Å². The van der Waals surface area contributed by atoms with Crippen molar-refractivity contribution >= 4 is 32.7 Å². The number of fused-ring (bicyclic) bond motifs is 1. The van der Waals surface area contributed by atoms with E-state index in [-0.39, 0.29) is 5.69 Å². The molecule has 0 aliphatic heterocycles. The van der Waals surface area contributed by atoms with Crippen LogP contribution >= 0.6 is 15.9 Å². The van der Waals surface area contributed by atoms with Gasteiger partial charge >= 0.3 is 5.69 Å². The van der Waals surface area contributed by atoms with Gasteiger partial charge in [-0.2, -0.15) is 0 Å². The maximum atomic E-state index is 11.2. The second-order valence-electron chi connectivity index (χ2n) is 4.28. The lowest BCUT2D eigenvalue weighted by atomic mass is 10.2. The third-order valence-corrected chi connectivity index (χ3v) is 3.42. The quantitative estimate of drug-likeness (QED) is 0.794. The lowest BCUT2D eigenvalue weighted by Crippen LogP contribution is -2.17. The van der Waals surface area contributed by atoms with E-state index in [4.69, 9.17) is 4.74 Å². The van der Waals surface area contributed by atoms with Gasteiger partial charge in [0.15, 0.2) is 0 Å². The van der Waals surface area contributed by atoms with Crippen molar-refractivity contribution in [1.82, 2.24) is 9.97 Å². The number of methoxy groups -OCH3 is 1. The average Bonchev–Trinajstić information content (AvgIpc) is 2.66. The summed E-state index contributed by atoms with van der Waals surface area (Å²) >= 11 is 3.49. The number of H-pyrrole nitrogens is 2. The van der Waals surface area contributed by atoms with E-state index < -0.39 is 0 Å². The first-order valence-electron chi connectivity index (χ1n) is 5.77. The molecule has 6 heteroatoms. The number of hydrogen-bond donors (Lipinski definition) is 3. The van der Waals surface area contributed by atoms with Crippen LogP contribution in [0.5, 0.6) is 0 Å². The van der Waals surface area contributed by atoms with Gasteiger partial charge in [-0.15, -0.1) is 0 Å². The first-order chi connectivity index (χ1) is 8.60. The van der Waals surface area contributed by atoms with Gasteiger partial charge in [-0.3, -0.25) is 0 Å². The molecular formula is C12H16BrN3O2. The number of hydrogen-bond acceptors (Lipinski definition) is 3. The molecule has 0 spiro atoms. The van der Waals surface area contributed by atoms with E-state index in [0.717, 1.165) is 34.2 Å². The normalized spacial score (nSPS) is 12.8. The number of aromatic nitrogens is 2. The Balaban J connectivity index is 2.21. The topological polar surface area (TPSA) is 69.9 Å². The fourth-order valence-electron chi connectivity index (χ4n) is 1.80. The molecule has 2 rings (SSSR count). The molecule has 0 bridgehead atoms. The maximum Gasteiger partial charge on any atom is 0.323 e. The van der Waals surface area contributed by atoms with Gasteiger partial charge in [-0.1, -0.05) is 0 Å². The molecule has 0 radical (unpaired) electrons. The molecule has 0 saturated carbocycles. The highest BCUT2D eigenvalue weighted by atomic mass is 79.9. The largest absolute Gasteiger partial charge is 0.385 e. The Bertz CT molecular complexity index is 591. The number of imidazole rings is 1. The van der Waals surface area contributed by atoms with E-state index in [1.807, 2.05) is 12.1 Å². The summed E-state index contributed by atoms with van der Waals surface area (Å²) in [7, 11) is 1.69. The van der Waals surface area contributed by atoms with Gasteiger partial charge in [0.2, 0.25) is 0 Å². The van der Waals surface area contributed by atoms with E-state index in [9.17, 15) is 4.79 Å². The Hall–Kier alpha value is -1.27. The Kier molecular flexibility index (Phi) is 4.08. The minimum absolute atomic E-state index is 0.193. The highest BCUT2D eigenvalue weighted by Crippen LogP contribution is 2.27. The van der Waals surface area contributed by atoms with E-state index >= 15 is 0 Å². The van der Waals surface area contributed by atoms with Crippen molar-refractivity contribution in [3.05, 3.63) is 27.1 Å². The second kappa shape index (κ2) is 5.58. The van der Waals surface area contributed by atoms with Crippen molar-refractivity contribution in [3.63, 3.8) is 0 Å². The van der Waals surface area contributed by atoms with Crippen LogP contribution in [0.1, 0.15) is 13.3 Å². The van der Waals surface area contributed by atoms with Crippen LogP contribution in [-0.4, -0.2) is 29.7 Å². The summed E-state index contributed by atoms with van der Waals surface area (Å²) < 4.78 is 5.98. The molecule has 0 amide bonds. The number of ether oxygens (including phenoxy) is 1. The zero-order valence-electron chi connectivity index (χ0n) is 10.3. The molecule has 18 heavy (non-hydrogen) atoms. The summed E-state index contributed by atoms with van der Waals surface area (Å²) in [4.78, 5) is 16.7. The van der Waals surface area contributed by atoms with E-state index in [1.54, 1.807) is 7.11 Å². The maximum absolute atomic E-state index is 11.2. The third-order valence-electron chi connectivity index (χ3n) is 2.76. The molecule has 98 valence electrons. The molecule has 1 atom stereocenters. The van der Waals surface area contributed by atoms with Crippen LogP contribution in [0.2, 0.25) is 0 Å². The first kappa shape index (κ1) is 13.2. The molecule has 1 unspecified atom stereocenters. The Morgan fingerprint density at radius 3 is 2.72 bits per heavy atom. The van der Waals surface area contributed by atoms with Crippen molar-refractivity contribution < 1.29 is 4.74 Å². The van der Waals surface area contributed by atoms with Crippen molar-refractivity contribution in [2.45, 2.75) is 19.4 Å². The van der Waals surface area contributed by atoms with Gasteiger partial charge in [0.1, 0.15) is 0 Å². The number of aromatic amines is 2. The fraction of sp³-hybridized carbons (Fsp3) is 0.417. The summed E-state index contributed by atoms with van der Waals surface area (Å²) in [5.41, 5.74) is 2.36. The Morgan fingerprint density at radius 1 is 1.39 bits per heavy atom. The smallest absolute Gasteiger partial charge is 0.323 e. The third kappa shape index (κ3) is 2.94. The van der Waals surface area contributed by atoms with Crippen LogP contribution in [0.3, 0.4) is 0 Å². The van der Waals surface area contributed by atoms with Gasteiger partial charge in [0, 0.05) is 24.2 Å². The highest BCUT2D eigenvalue weighted by molar-refractivity contribution is 9.10. The minimum atomic E-state index is -0.193. The summed E-state index contributed by atoms with van der Waals surface area (Å²) in [6.07, 6.45) is 0.921. The van der Waals surface area contributed by atoms with Gasteiger partial charge in [-0.05, 0) is 41.4 Å². The molecule has 1 heterocycles. The molecule has 3 N–H and O–H groups in total. The van der Waals surface area contributed by atoms with E-state index in [0.29, 0.717) is 6.04 Å². The van der Waals surface area contributed by atoms with Crippen molar-refractivity contribution in [1.29, 1.82) is 0 Å². The predicted molar refractivity (Wildman–Crippen MR) is 76.2 cm³/mol.